The zero-order valence-electron chi connectivity index (χ0n) is 21.7. The number of amides is 2. The summed E-state index contributed by atoms with van der Waals surface area (Å²) in [5, 5.41) is 7.53. The van der Waals surface area contributed by atoms with Gasteiger partial charge < -0.3 is 0 Å². The van der Waals surface area contributed by atoms with E-state index in [4.69, 9.17) is 17.2 Å². The van der Waals surface area contributed by atoms with Crippen molar-refractivity contribution in [2.24, 2.45) is 0 Å². The van der Waals surface area contributed by atoms with Crippen LogP contribution in [0.4, 0.5) is 16.1 Å². The average molecular weight is 594 g/mol. The molecule has 6 nitrogen and oxygen atoms in total. The van der Waals surface area contributed by atoms with E-state index >= 15 is 0 Å². The van der Waals surface area contributed by atoms with E-state index in [0.717, 1.165) is 10.3 Å². The Morgan fingerprint density at radius 1 is 0.846 bits per heavy atom. The zero-order valence-corrected chi connectivity index (χ0v) is 24.2. The van der Waals surface area contributed by atoms with E-state index in [1.807, 2.05) is 6.20 Å². The Bertz CT molecular complexity index is 2030. The normalized spacial score (nSPS) is 17.4. The van der Waals surface area contributed by atoms with Crippen LogP contribution in [0.25, 0.3) is 38.4 Å². The first kappa shape index (κ1) is 23.1. The quantitative estimate of drug-likeness (QED) is 0.0815. The van der Waals surface area contributed by atoms with Crippen molar-refractivity contribution in [2.75, 3.05) is 19.0 Å². The van der Waals surface area contributed by atoms with E-state index in [1.54, 1.807) is 20.2 Å². The SMILES string of the molecule is CN1C(=O)C(=Cc2cc3c([se]2)N2c4nccc5ccc6ccc7ccc(c2c7c6c45)C3(C)C)C(=O)N(C)C1=S. The summed E-state index contributed by atoms with van der Waals surface area (Å²) in [7, 11) is 3.23. The molecule has 3 aromatic carbocycles. The summed E-state index contributed by atoms with van der Waals surface area (Å²) in [6, 6.07) is 17.6. The Kier molecular flexibility index (Phi) is 4.39. The molecule has 5 heterocycles. The van der Waals surface area contributed by atoms with Crippen LogP contribution in [0.5, 0.6) is 0 Å². The van der Waals surface area contributed by atoms with Gasteiger partial charge in [-0.05, 0) is 0 Å². The summed E-state index contributed by atoms with van der Waals surface area (Å²) in [5.41, 5.74) is 3.55. The number of benzene rings is 3. The Morgan fingerprint density at radius 3 is 2.15 bits per heavy atom. The second-order valence-electron chi connectivity index (χ2n) is 10.9. The number of anilines is 3. The van der Waals surface area contributed by atoms with Gasteiger partial charge in [-0.15, -0.1) is 0 Å². The van der Waals surface area contributed by atoms with Gasteiger partial charge in [0.05, 0.1) is 0 Å². The minimum atomic E-state index is -0.362. The molecule has 0 atom stereocenters. The van der Waals surface area contributed by atoms with Crippen LogP contribution in [-0.4, -0.2) is 60.3 Å². The predicted molar refractivity (Wildman–Crippen MR) is 160 cm³/mol. The number of carbonyl (C=O) groups excluding carboxylic acids is 2. The molecular weight excluding hydrogens is 571 g/mol. The fourth-order valence-corrected chi connectivity index (χ4v) is 9.25. The molecule has 3 aliphatic heterocycles. The summed E-state index contributed by atoms with van der Waals surface area (Å²) in [6.07, 6.45) is 3.67. The number of rotatable bonds is 1. The average Bonchev–Trinajstić information content (AvgIpc) is 3.37. The first-order chi connectivity index (χ1) is 18.7. The molecule has 0 radical (unpaired) electrons. The molecule has 0 aliphatic carbocycles. The van der Waals surface area contributed by atoms with Gasteiger partial charge in [0, 0.05) is 0 Å². The van der Waals surface area contributed by atoms with E-state index in [1.165, 1.54) is 63.5 Å². The van der Waals surface area contributed by atoms with Crippen molar-refractivity contribution >= 4 is 98.1 Å². The van der Waals surface area contributed by atoms with Crippen LogP contribution in [-0.2, 0) is 15.0 Å². The van der Waals surface area contributed by atoms with Gasteiger partial charge in [-0.1, -0.05) is 0 Å². The molecule has 0 unspecified atom stereocenters. The third kappa shape index (κ3) is 2.76. The van der Waals surface area contributed by atoms with Crippen LogP contribution in [0.1, 0.15) is 29.4 Å². The molecule has 8 heteroatoms. The van der Waals surface area contributed by atoms with E-state index < -0.39 is 0 Å². The van der Waals surface area contributed by atoms with E-state index in [2.05, 4.69) is 67.3 Å². The number of nitrogens with zero attached hydrogens (tertiary/aromatic N) is 4. The Labute approximate surface area is 235 Å². The van der Waals surface area contributed by atoms with Crippen molar-refractivity contribution in [1.29, 1.82) is 0 Å². The Morgan fingerprint density at radius 2 is 1.46 bits per heavy atom. The maximum atomic E-state index is 13.1. The molecular formula is C31H22N4O2SSe. The van der Waals surface area contributed by atoms with Gasteiger partial charge >= 0.3 is 237 Å². The van der Waals surface area contributed by atoms with Gasteiger partial charge in [0.15, 0.2) is 0 Å². The molecule has 1 fully saturated rings. The van der Waals surface area contributed by atoms with Crippen molar-refractivity contribution in [2.45, 2.75) is 19.3 Å². The number of likely N-dealkylation sites (N-methyl/N-ethyl adjacent to an activating group) is 2. The molecule has 0 N–H and O–H groups in total. The molecule has 3 aliphatic rings. The topological polar surface area (TPSA) is 56.8 Å². The third-order valence-electron chi connectivity index (χ3n) is 8.49. The van der Waals surface area contributed by atoms with Crippen molar-refractivity contribution in [3.05, 3.63) is 75.9 Å². The summed E-state index contributed by atoms with van der Waals surface area (Å²) in [4.78, 5) is 36.2. The van der Waals surface area contributed by atoms with E-state index in [9.17, 15) is 9.59 Å². The molecule has 39 heavy (non-hydrogen) atoms. The summed E-state index contributed by atoms with van der Waals surface area (Å²) in [5.74, 6) is 0.227. The number of hydrogen-bond donors (Lipinski definition) is 0. The fraction of sp³-hybridized carbons (Fsp3) is 0.161. The second-order valence-corrected chi connectivity index (χ2v) is 13.5. The molecule has 0 bridgehead atoms. The number of fused-ring (bicyclic) bond motifs is 3. The Balaban J connectivity index is 1.43. The van der Waals surface area contributed by atoms with Crippen LogP contribution >= 0.6 is 12.2 Å². The number of hydrogen-bond acceptors (Lipinski definition) is 5. The van der Waals surface area contributed by atoms with Gasteiger partial charge in [-0.3, -0.25) is 0 Å². The van der Waals surface area contributed by atoms with Gasteiger partial charge in [0.1, 0.15) is 0 Å². The first-order valence-corrected chi connectivity index (χ1v) is 14.8. The number of carbonyl (C=O) groups is 2. The maximum absolute atomic E-state index is 13.1. The van der Waals surface area contributed by atoms with Gasteiger partial charge in [0.2, 0.25) is 0 Å². The van der Waals surface area contributed by atoms with Crippen LogP contribution in [0.15, 0.2) is 60.3 Å². The molecule has 1 saturated heterocycles. The summed E-state index contributed by atoms with van der Waals surface area (Å²) < 4.78 is 2.19. The zero-order chi connectivity index (χ0) is 27.0. The van der Waals surface area contributed by atoms with Crippen molar-refractivity contribution in [1.82, 2.24) is 14.8 Å². The molecule has 2 aromatic heterocycles. The first-order valence-electron chi connectivity index (χ1n) is 12.7. The molecule has 2 amide bonds. The van der Waals surface area contributed by atoms with Gasteiger partial charge in [-0.2, -0.15) is 0 Å². The van der Waals surface area contributed by atoms with Crippen LogP contribution in [0.3, 0.4) is 0 Å². The number of pyridine rings is 1. The van der Waals surface area contributed by atoms with Crippen molar-refractivity contribution in [3.63, 3.8) is 0 Å². The van der Waals surface area contributed by atoms with Crippen molar-refractivity contribution < 1.29 is 9.59 Å². The molecule has 0 saturated carbocycles. The molecule has 190 valence electrons. The summed E-state index contributed by atoms with van der Waals surface area (Å²) in [6.45, 7) is 4.54. The third-order valence-corrected chi connectivity index (χ3v) is 11.3. The minimum absolute atomic E-state index is 0.147. The number of aromatic nitrogens is 1. The predicted octanol–water partition coefficient (Wildman–Crippen LogP) is 5.62. The van der Waals surface area contributed by atoms with E-state index in [0.29, 0.717) is 0 Å². The number of thiocarbonyl (C=S) groups is 1. The standard InChI is InChI=1S/C31H22N4O2SSe/c1-31(2)20-10-9-16-7-5-15-6-8-17-11-12-32-26-24(17)22(15)23(16)25(20)35(26)29-21(31)14-18(39-29)13-19-27(36)33(3)30(38)34(4)28(19)37/h5-14H,1-4H3. The second kappa shape index (κ2) is 7.42. The van der Waals surface area contributed by atoms with Crippen LogP contribution in [0.2, 0.25) is 0 Å². The monoisotopic (exact) mass is 594 g/mol. The fourth-order valence-electron chi connectivity index (χ4n) is 6.42. The van der Waals surface area contributed by atoms with Crippen LogP contribution < -0.4 is 4.90 Å². The van der Waals surface area contributed by atoms with Crippen molar-refractivity contribution in [3.8, 4) is 0 Å². The Hall–Kier alpha value is -3.84. The van der Waals surface area contributed by atoms with E-state index in [-0.39, 0.29) is 42.4 Å². The summed E-state index contributed by atoms with van der Waals surface area (Å²) >= 11 is 5.12. The van der Waals surface area contributed by atoms with Gasteiger partial charge in [-0.25, -0.2) is 0 Å². The van der Waals surface area contributed by atoms with Crippen LogP contribution in [0, 0.1) is 0 Å². The van der Waals surface area contributed by atoms with Gasteiger partial charge in [0.25, 0.3) is 0 Å². The molecule has 5 aromatic rings. The molecule has 8 rings (SSSR count). The molecule has 0 spiro atoms.